The summed E-state index contributed by atoms with van der Waals surface area (Å²) >= 11 is 6.11. The summed E-state index contributed by atoms with van der Waals surface area (Å²) in [5.74, 6) is -0.388. The van der Waals surface area contributed by atoms with Crippen LogP contribution in [0.25, 0.3) is 22.2 Å². The van der Waals surface area contributed by atoms with Crippen molar-refractivity contribution in [3.63, 3.8) is 0 Å². The van der Waals surface area contributed by atoms with E-state index in [4.69, 9.17) is 17.3 Å². The number of nitrogens with two attached hydrogens (primary N) is 1. The summed E-state index contributed by atoms with van der Waals surface area (Å²) in [4.78, 5) is 8.57. The van der Waals surface area contributed by atoms with E-state index in [2.05, 4.69) is 9.97 Å². The highest BCUT2D eigenvalue weighted by Gasteiger charge is 2.22. The van der Waals surface area contributed by atoms with Crippen LogP contribution in [-0.4, -0.2) is 47.9 Å². The molecule has 0 aromatic carbocycles. The zero-order chi connectivity index (χ0) is 21.3. The molecule has 3 aromatic heterocycles. The van der Waals surface area contributed by atoms with Crippen molar-refractivity contribution >= 4 is 32.7 Å². The number of allylic oxidation sites excluding steroid dienone is 1. The van der Waals surface area contributed by atoms with Gasteiger partial charge in [-0.1, -0.05) is 11.6 Å². The number of aromatic nitrogens is 3. The van der Waals surface area contributed by atoms with E-state index in [-0.39, 0.29) is 23.8 Å². The van der Waals surface area contributed by atoms with Crippen molar-refractivity contribution in [3.05, 3.63) is 53.3 Å². The number of nitrogens with zero attached hydrogens (tertiary/aromatic N) is 4. The summed E-state index contributed by atoms with van der Waals surface area (Å²) in [5.41, 5.74) is 8.55. The van der Waals surface area contributed by atoms with E-state index in [1.807, 2.05) is 6.92 Å². The highest BCUT2D eigenvalue weighted by Crippen LogP contribution is 2.35. The fraction of sp³-hybridized carbons (Fsp3) is 0.263. The molecule has 0 radical (unpaired) electrons. The molecule has 0 aliphatic rings. The third kappa shape index (κ3) is 4.04. The molecule has 0 amide bonds. The molecular weight excluding hydrogens is 417 g/mol. The van der Waals surface area contributed by atoms with E-state index >= 15 is 0 Å². The normalized spacial score (nSPS) is 12.9. The highest BCUT2D eigenvalue weighted by atomic mass is 35.5. The second-order valence-corrected chi connectivity index (χ2v) is 9.24. The lowest BCUT2D eigenvalue weighted by molar-refractivity contribution is 0.520. The third-order valence-corrected chi connectivity index (χ3v) is 6.54. The number of rotatable bonds is 6. The molecule has 0 unspecified atom stereocenters. The number of hydrogen-bond acceptors (Lipinski definition) is 5. The zero-order valence-electron chi connectivity index (χ0n) is 16.2. The monoisotopic (exact) mass is 437 g/mol. The standard InChI is InChI=1S/C19H21ClFN5O2S/c1-12-18(13-6-16(10-23-8-13)29(27,28)25(2)3)19-17(7-14(20)9-24-19)26(12)11-15(21)4-5-22/h4,6-10H,5,11,22H2,1-3H3/b15-4-. The van der Waals surface area contributed by atoms with Crippen LogP contribution in [0.4, 0.5) is 4.39 Å². The van der Waals surface area contributed by atoms with Crippen molar-refractivity contribution in [2.24, 2.45) is 5.73 Å². The lowest BCUT2D eigenvalue weighted by Gasteiger charge is -2.12. The number of sulfonamides is 1. The lowest BCUT2D eigenvalue weighted by Crippen LogP contribution is -2.22. The van der Waals surface area contributed by atoms with E-state index in [1.54, 1.807) is 16.8 Å². The first-order chi connectivity index (χ1) is 13.7. The Hall–Kier alpha value is -2.33. The van der Waals surface area contributed by atoms with Crippen molar-refractivity contribution in [3.8, 4) is 11.1 Å². The maximum absolute atomic E-state index is 14.2. The van der Waals surface area contributed by atoms with Crippen LogP contribution in [0.1, 0.15) is 5.69 Å². The molecule has 0 fully saturated rings. The Bertz CT molecular complexity index is 1200. The fourth-order valence-electron chi connectivity index (χ4n) is 3.11. The van der Waals surface area contributed by atoms with Gasteiger partial charge in [0.05, 0.1) is 22.6 Å². The van der Waals surface area contributed by atoms with Gasteiger partial charge in [-0.05, 0) is 25.1 Å². The second-order valence-electron chi connectivity index (χ2n) is 6.65. The van der Waals surface area contributed by atoms with Gasteiger partial charge >= 0.3 is 0 Å². The molecule has 2 N–H and O–H groups in total. The van der Waals surface area contributed by atoms with E-state index < -0.39 is 10.0 Å². The average Bonchev–Trinajstić information content (AvgIpc) is 2.93. The summed E-state index contributed by atoms with van der Waals surface area (Å²) < 4.78 is 42.1. The molecule has 0 aliphatic carbocycles. The number of pyridine rings is 2. The maximum atomic E-state index is 14.2. The maximum Gasteiger partial charge on any atom is 0.244 e. The van der Waals surface area contributed by atoms with E-state index in [1.165, 1.54) is 38.6 Å². The van der Waals surface area contributed by atoms with Crippen LogP contribution in [-0.2, 0) is 16.6 Å². The number of hydrogen-bond donors (Lipinski definition) is 1. The number of fused-ring (bicyclic) bond motifs is 1. The van der Waals surface area contributed by atoms with Crippen LogP contribution >= 0.6 is 11.6 Å². The minimum atomic E-state index is -3.66. The van der Waals surface area contributed by atoms with Crippen LogP contribution in [0.2, 0.25) is 5.02 Å². The predicted molar refractivity (Wildman–Crippen MR) is 112 cm³/mol. The molecule has 154 valence electrons. The summed E-state index contributed by atoms with van der Waals surface area (Å²) in [7, 11) is -0.753. The molecule has 0 saturated heterocycles. The Morgan fingerprint density at radius 1 is 1.31 bits per heavy atom. The van der Waals surface area contributed by atoms with Gasteiger partial charge < -0.3 is 10.3 Å². The van der Waals surface area contributed by atoms with Gasteiger partial charge in [0.2, 0.25) is 10.0 Å². The molecular formula is C19H21ClFN5O2S. The van der Waals surface area contributed by atoms with E-state index in [0.29, 0.717) is 32.9 Å². The van der Waals surface area contributed by atoms with Crippen LogP contribution in [0.5, 0.6) is 0 Å². The first-order valence-corrected chi connectivity index (χ1v) is 10.6. The summed E-state index contributed by atoms with van der Waals surface area (Å²) in [6, 6.07) is 3.24. The van der Waals surface area contributed by atoms with Gasteiger partial charge in [0.25, 0.3) is 0 Å². The SMILES string of the molecule is Cc1c(-c2cncc(S(=O)(=O)N(C)C)c2)c2ncc(Cl)cc2n1C/C(F)=C/CN. The molecule has 0 saturated carbocycles. The lowest BCUT2D eigenvalue weighted by atomic mass is 10.1. The Morgan fingerprint density at radius 2 is 2.03 bits per heavy atom. The van der Waals surface area contributed by atoms with Gasteiger partial charge in [-0.15, -0.1) is 0 Å². The van der Waals surface area contributed by atoms with E-state index in [0.717, 1.165) is 4.31 Å². The quantitative estimate of drug-likeness (QED) is 0.639. The van der Waals surface area contributed by atoms with Gasteiger partial charge in [0, 0.05) is 56.1 Å². The first kappa shape index (κ1) is 21.4. The van der Waals surface area contributed by atoms with Crippen LogP contribution in [0.15, 0.2) is 47.5 Å². The fourth-order valence-corrected chi connectivity index (χ4v) is 4.16. The van der Waals surface area contributed by atoms with Gasteiger partial charge in [-0.3, -0.25) is 9.97 Å². The van der Waals surface area contributed by atoms with Gasteiger partial charge in [0.15, 0.2) is 0 Å². The zero-order valence-corrected chi connectivity index (χ0v) is 17.8. The van der Waals surface area contributed by atoms with Crippen molar-refractivity contribution in [2.75, 3.05) is 20.6 Å². The molecule has 0 aliphatic heterocycles. The molecule has 3 heterocycles. The molecule has 10 heteroatoms. The molecule has 0 bridgehead atoms. The van der Waals surface area contributed by atoms with Crippen molar-refractivity contribution in [1.29, 1.82) is 0 Å². The average molecular weight is 438 g/mol. The molecule has 3 aromatic rings. The van der Waals surface area contributed by atoms with Crippen LogP contribution < -0.4 is 5.73 Å². The Labute approximate surface area is 173 Å². The van der Waals surface area contributed by atoms with Gasteiger partial charge in [0.1, 0.15) is 10.7 Å². The van der Waals surface area contributed by atoms with Gasteiger partial charge in [-0.2, -0.15) is 0 Å². The molecule has 7 nitrogen and oxygen atoms in total. The second kappa shape index (κ2) is 8.19. The first-order valence-electron chi connectivity index (χ1n) is 8.73. The van der Waals surface area contributed by atoms with Crippen LogP contribution in [0, 0.1) is 6.92 Å². The molecule has 3 rings (SSSR count). The molecule has 29 heavy (non-hydrogen) atoms. The largest absolute Gasteiger partial charge is 0.336 e. The van der Waals surface area contributed by atoms with Crippen molar-refractivity contribution in [1.82, 2.24) is 18.8 Å². The van der Waals surface area contributed by atoms with Gasteiger partial charge in [-0.25, -0.2) is 17.1 Å². The minimum Gasteiger partial charge on any atom is -0.336 e. The molecule has 0 spiro atoms. The van der Waals surface area contributed by atoms with E-state index in [9.17, 15) is 12.8 Å². The summed E-state index contributed by atoms with van der Waals surface area (Å²) in [6.45, 7) is 1.86. The summed E-state index contributed by atoms with van der Waals surface area (Å²) in [5, 5.41) is 0.410. The third-order valence-electron chi connectivity index (χ3n) is 4.56. The topological polar surface area (TPSA) is 94.1 Å². The Morgan fingerprint density at radius 3 is 2.69 bits per heavy atom. The molecule has 0 atom stereocenters. The predicted octanol–water partition coefficient (Wildman–Crippen LogP) is 3.12. The highest BCUT2D eigenvalue weighted by molar-refractivity contribution is 7.89. The summed E-state index contributed by atoms with van der Waals surface area (Å²) in [6.07, 6.45) is 5.65. The minimum absolute atomic E-state index is 0.0370. The smallest absolute Gasteiger partial charge is 0.244 e. The van der Waals surface area contributed by atoms with Crippen molar-refractivity contribution in [2.45, 2.75) is 18.4 Å². The number of halogens is 2. The Balaban J connectivity index is 2.26. The van der Waals surface area contributed by atoms with Crippen molar-refractivity contribution < 1.29 is 12.8 Å². The van der Waals surface area contributed by atoms with Crippen LogP contribution in [0.3, 0.4) is 0 Å². The Kier molecular flexibility index (Phi) is 6.04.